The third-order valence-electron chi connectivity index (χ3n) is 3.24. The van der Waals surface area contributed by atoms with Crippen molar-refractivity contribution in [2.24, 2.45) is 0 Å². The van der Waals surface area contributed by atoms with E-state index >= 15 is 0 Å². The first-order chi connectivity index (χ1) is 10.4. The van der Waals surface area contributed by atoms with Crippen LogP contribution in [0, 0.1) is 11.6 Å². The monoisotopic (exact) mass is 307 g/mol. The number of phenols is 1. The van der Waals surface area contributed by atoms with Crippen molar-refractivity contribution in [3.63, 3.8) is 0 Å². The van der Waals surface area contributed by atoms with Crippen molar-refractivity contribution in [3.8, 4) is 11.5 Å². The Morgan fingerprint density at radius 1 is 1.18 bits per heavy atom. The number of amides is 1. The fourth-order valence-electron chi connectivity index (χ4n) is 1.97. The summed E-state index contributed by atoms with van der Waals surface area (Å²) in [4.78, 5) is 12.1. The van der Waals surface area contributed by atoms with E-state index in [0.29, 0.717) is 11.3 Å². The quantitative estimate of drug-likeness (QED) is 0.912. The van der Waals surface area contributed by atoms with Crippen molar-refractivity contribution >= 4 is 5.91 Å². The minimum atomic E-state index is -0.981. The van der Waals surface area contributed by atoms with E-state index in [9.17, 15) is 18.7 Å². The van der Waals surface area contributed by atoms with Crippen LogP contribution >= 0.6 is 0 Å². The van der Waals surface area contributed by atoms with Crippen LogP contribution in [0.5, 0.6) is 11.5 Å². The van der Waals surface area contributed by atoms with Crippen LogP contribution < -0.4 is 10.1 Å². The average molecular weight is 307 g/mol. The lowest BCUT2D eigenvalue weighted by atomic mass is 10.1. The number of halogens is 2. The molecular formula is C16H15F2NO3. The van der Waals surface area contributed by atoms with Crippen molar-refractivity contribution in [1.29, 1.82) is 0 Å². The molecule has 0 aliphatic rings. The zero-order valence-electron chi connectivity index (χ0n) is 12.1. The highest BCUT2D eigenvalue weighted by molar-refractivity contribution is 5.97. The highest BCUT2D eigenvalue weighted by atomic mass is 19.2. The molecule has 2 aromatic carbocycles. The highest BCUT2D eigenvalue weighted by Crippen LogP contribution is 2.24. The van der Waals surface area contributed by atoms with E-state index in [-0.39, 0.29) is 11.3 Å². The van der Waals surface area contributed by atoms with Crippen LogP contribution in [0.15, 0.2) is 36.4 Å². The predicted octanol–water partition coefficient (Wildman–Crippen LogP) is 3.17. The number of ether oxygens (including phenoxy) is 1. The van der Waals surface area contributed by atoms with Gasteiger partial charge in [0.25, 0.3) is 5.91 Å². The number of methoxy groups -OCH3 is 1. The Bertz CT molecular complexity index is 704. The molecule has 0 fully saturated rings. The van der Waals surface area contributed by atoms with Crippen LogP contribution in [0.4, 0.5) is 8.78 Å². The van der Waals surface area contributed by atoms with Crippen LogP contribution in [0.2, 0.25) is 0 Å². The van der Waals surface area contributed by atoms with Crippen LogP contribution in [-0.2, 0) is 0 Å². The van der Waals surface area contributed by atoms with Crippen LogP contribution in [0.3, 0.4) is 0 Å². The fraction of sp³-hybridized carbons (Fsp3) is 0.188. The molecule has 0 aliphatic carbocycles. The maximum Gasteiger partial charge on any atom is 0.255 e. The minimum absolute atomic E-state index is 0.0650. The molecule has 0 spiro atoms. The molecule has 2 rings (SSSR count). The summed E-state index contributed by atoms with van der Waals surface area (Å²) in [5.41, 5.74) is 0.482. The number of nitrogens with one attached hydrogen (secondary N) is 1. The Morgan fingerprint density at radius 2 is 1.91 bits per heavy atom. The molecule has 6 heteroatoms. The van der Waals surface area contributed by atoms with E-state index in [1.807, 2.05) is 0 Å². The highest BCUT2D eigenvalue weighted by Gasteiger charge is 2.16. The molecule has 0 saturated carbocycles. The van der Waals surface area contributed by atoms with Gasteiger partial charge in [0.05, 0.1) is 18.7 Å². The van der Waals surface area contributed by atoms with Gasteiger partial charge in [-0.3, -0.25) is 4.79 Å². The summed E-state index contributed by atoms with van der Waals surface area (Å²) in [5.74, 6) is -2.27. The smallest absolute Gasteiger partial charge is 0.255 e. The molecule has 116 valence electrons. The van der Waals surface area contributed by atoms with Gasteiger partial charge in [0.2, 0.25) is 0 Å². The van der Waals surface area contributed by atoms with Crippen molar-refractivity contribution < 1.29 is 23.4 Å². The van der Waals surface area contributed by atoms with Gasteiger partial charge in [-0.25, -0.2) is 8.78 Å². The van der Waals surface area contributed by atoms with Crippen LogP contribution in [-0.4, -0.2) is 18.1 Å². The van der Waals surface area contributed by atoms with Crippen LogP contribution in [0.25, 0.3) is 0 Å². The second-order valence-electron chi connectivity index (χ2n) is 4.75. The summed E-state index contributed by atoms with van der Waals surface area (Å²) >= 11 is 0. The molecule has 22 heavy (non-hydrogen) atoms. The van der Waals surface area contributed by atoms with Gasteiger partial charge in [0.1, 0.15) is 11.5 Å². The van der Waals surface area contributed by atoms with Gasteiger partial charge in [-0.15, -0.1) is 0 Å². The first-order valence-electron chi connectivity index (χ1n) is 6.55. The lowest BCUT2D eigenvalue weighted by Crippen LogP contribution is -2.26. The summed E-state index contributed by atoms with van der Waals surface area (Å²) < 4.78 is 31.0. The number of benzene rings is 2. The first-order valence-corrected chi connectivity index (χ1v) is 6.55. The molecule has 0 radical (unpaired) electrons. The second-order valence-corrected chi connectivity index (χ2v) is 4.75. The second kappa shape index (κ2) is 6.43. The molecule has 1 atom stereocenters. The molecule has 4 nitrogen and oxygen atoms in total. The third-order valence-corrected chi connectivity index (χ3v) is 3.24. The predicted molar refractivity (Wildman–Crippen MR) is 76.9 cm³/mol. The molecule has 0 aromatic heterocycles. The summed E-state index contributed by atoms with van der Waals surface area (Å²) in [6, 6.07) is 7.13. The van der Waals surface area contributed by atoms with Crippen molar-refractivity contribution in [2.75, 3.05) is 7.11 Å². The molecule has 0 bridgehead atoms. The fourth-order valence-corrected chi connectivity index (χ4v) is 1.97. The summed E-state index contributed by atoms with van der Waals surface area (Å²) in [7, 11) is 1.44. The number of hydrogen-bond donors (Lipinski definition) is 2. The van der Waals surface area contributed by atoms with Gasteiger partial charge in [0, 0.05) is 6.07 Å². The van der Waals surface area contributed by atoms with E-state index in [2.05, 4.69) is 5.32 Å². The largest absolute Gasteiger partial charge is 0.507 e. The van der Waals surface area contributed by atoms with Gasteiger partial charge < -0.3 is 15.2 Å². The van der Waals surface area contributed by atoms with Gasteiger partial charge in [-0.2, -0.15) is 0 Å². The zero-order valence-corrected chi connectivity index (χ0v) is 12.1. The normalized spacial score (nSPS) is 11.8. The maximum absolute atomic E-state index is 13.2. The molecule has 0 saturated heterocycles. The molecule has 2 aromatic rings. The summed E-state index contributed by atoms with van der Waals surface area (Å²) in [5, 5.41) is 12.4. The Balaban J connectivity index is 2.15. The number of rotatable bonds is 4. The van der Waals surface area contributed by atoms with Gasteiger partial charge in [-0.05, 0) is 36.8 Å². The topological polar surface area (TPSA) is 58.6 Å². The number of hydrogen-bond acceptors (Lipinski definition) is 3. The van der Waals surface area contributed by atoms with E-state index in [1.54, 1.807) is 6.92 Å². The number of carbonyl (C=O) groups is 1. The third kappa shape index (κ3) is 3.33. The lowest BCUT2D eigenvalue weighted by molar-refractivity contribution is 0.0937. The molecule has 1 amide bonds. The van der Waals surface area contributed by atoms with E-state index in [4.69, 9.17) is 4.74 Å². The minimum Gasteiger partial charge on any atom is -0.507 e. The van der Waals surface area contributed by atoms with Gasteiger partial charge in [0.15, 0.2) is 11.6 Å². The molecule has 2 N–H and O–H groups in total. The van der Waals surface area contributed by atoms with Crippen molar-refractivity contribution in [3.05, 3.63) is 59.2 Å². The van der Waals surface area contributed by atoms with Gasteiger partial charge >= 0.3 is 0 Å². The van der Waals surface area contributed by atoms with E-state index in [0.717, 1.165) is 12.1 Å². The summed E-state index contributed by atoms with van der Waals surface area (Å²) in [6.07, 6.45) is 0. The number of carbonyl (C=O) groups excluding carboxylic acids is 1. The molecule has 0 aliphatic heterocycles. The first kappa shape index (κ1) is 15.8. The standard InChI is InChI=1S/C16H15F2NO3/c1-9(10-3-6-13(17)14(18)7-10)19-16(21)12-5-4-11(22-2)8-15(12)20/h3-9,20H,1-2H3,(H,19,21). The van der Waals surface area contributed by atoms with E-state index in [1.165, 1.54) is 31.4 Å². The Labute approximate surface area is 126 Å². The van der Waals surface area contributed by atoms with Crippen LogP contribution in [0.1, 0.15) is 28.9 Å². The molecule has 0 heterocycles. The number of phenolic OH excluding ortho intramolecular Hbond substituents is 1. The Morgan fingerprint density at radius 3 is 2.50 bits per heavy atom. The van der Waals surface area contributed by atoms with Crippen molar-refractivity contribution in [1.82, 2.24) is 5.32 Å². The molecular weight excluding hydrogens is 292 g/mol. The van der Waals surface area contributed by atoms with Crippen molar-refractivity contribution in [2.45, 2.75) is 13.0 Å². The summed E-state index contributed by atoms with van der Waals surface area (Å²) in [6.45, 7) is 1.63. The maximum atomic E-state index is 13.2. The van der Waals surface area contributed by atoms with E-state index < -0.39 is 23.6 Å². The average Bonchev–Trinajstić information content (AvgIpc) is 2.49. The Hall–Kier alpha value is -2.63. The zero-order chi connectivity index (χ0) is 16.3. The number of aromatic hydroxyl groups is 1. The SMILES string of the molecule is COc1ccc(C(=O)NC(C)c2ccc(F)c(F)c2)c(O)c1. The lowest BCUT2D eigenvalue weighted by Gasteiger charge is -2.15. The van der Waals surface area contributed by atoms with Gasteiger partial charge in [-0.1, -0.05) is 6.07 Å². The Kier molecular flexibility index (Phi) is 4.60. The molecule has 1 unspecified atom stereocenters.